The molecule has 0 aliphatic carbocycles. The number of thioether (sulfide) groups is 1. The number of fused-ring (bicyclic) bond motifs is 1. The summed E-state index contributed by atoms with van der Waals surface area (Å²) in [7, 11) is 0. The highest BCUT2D eigenvalue weighted by Crippen LogP contribution is 2.37. The summed E-state index contributed by atoms with van der Waals surface area (Å²) in [4.78, 5) is 29.5. The zero-order valence-corrected chi connectivity index (χ0v) is 13.6. The number of halogens is 3. The third-order valence-electron chi connectivity index (χ3n) is 3.49. The molecule has 2 aromatic rings. The van der Waals surface area contributed by atoms with E-state index in [1.807, 2.05) is 0 Å². The van der Waals surface area contributed by atoms with Crippen LogP contribution in [0.25, 0.3) is 0 Å². The molecule has 25 heavy (non-hydrogen) atoms. The van der Waals surface area contributed by atoms with Crippen LogP contribution in [0.1, 0.15) is 12.5 Å². The number of alkyl halides is 3. The summed E-state index contributed by atoms with van der Waals surface area (Å²) < 4.78 is 38.5. The van der Waals surface area contributed by atoms with Crippen LogP contribution in [0, 0.1) is 0 Å². The molecule has 0 spiro atoms. The van der Waals surface area contributed by atoms with Crippen LogP contribution in [0.3, 0.4) is 0 Å². The number of hydrogen-bond acceptors (Lipinski definition) is 5. The Morgan fingerprint density at radius 1 is 1.40 bits per heavy atom. The minimum absolute atomic E-state index is 0.0451. The van der Waals surface area contributed by atoms with Gasteiger partial charge in [0.15, 0.2) is 5.16 Å². The van der Waals surface area contributed by atoms with E-state index >= 15 is 0 Å². The average Bonchev–Trinajstić information content (AvgIpc) is 3.04. The second-order valence-electron chi connectivity index (χ2n) is 5.25. The van der Waals surface area contributed by atoms with Gasteiger partial charge in [0.05, 0.1) is 22.2 Å². The maximum absolute atomic E-state index is 12.8. The molecular weight excluding hydrogens is 359 g/mol. The van der Waals surface area contributed by atoms with Gasteiger partial charge >= 0.3 is 6.18 Å². The van der Waals surface area contributed by atoms with Gasteiger partial charge in [0.1, 0.15) is 12.9 Å². The predicted octanol–water partition coefficient (Wildman–Crippen LogP) is 2.29. The number of anilines is 2. The SMILES string of the molecule is CC(Sc1ncn[nH]1)C(=O)N1CC(=O)Nc2cc(C(F)(F)F)ccc21. The van der Waals surface area contributed by atoms with Gasteiger partial charge in [-0.3, -0.25) is 19.6 Å². The van der Waals surface area contributed by atoms with Gasteiger partial charge in [-0.25, -0.2) is 4.98 Å². The summed E-state index contributed by atoms with van der Waals surface area (Å²) in [6.07, 6.45) is -3.25. The highest BCUT2D eigenvalue weighted by atomic mass is 32.2. The lowest BCUT2D eigenvalue weighted by Crippen LogP contribution is -2.45. The fourth-order valence-electron chi connectivity index (χ4n) is 2.35. The second kappa shape index (κ2) is 6.39. The van der Waals surface area contributed by atoms with E-state index in [-0.39, 0.29) is 17.9 Å². The second-order valence-corrected chi connectivity index (χ2v) is 6.58. The number of amides is 2. The number of carbonyl (C=O) groups is 2. The fraction of sp³-hybridized carbons (Fsp3) is 0.286. The van der Waals surface area contributed by atoms with Crippen LogP contribution in [0.2, 0.25) is 0 Å². The van der Waals surface area contributed by atoms with E-state index in [2.05, 4.69) is 20.5 Å². The van der Waals surface area contributed by atoms with Gasteiger partial charge in [-0.15, -0.1) is 0 Å². The van der Waals surface area contributed by atoms with Crippen LogP contribution in [0.15, 0.2) is 29.7 Å². The van der Waals surface area contributed by atoms with Crippen molar-refractivity contribution in [3.05, 3.63) is 30.1 Å². The monoisotopic (exact) mass is 371 g/mol. The number of benzene rings is 1. The molecule has 2 heterocycles. The third kappa shape index (κ3) is 3.60. The van der Waals surface area contributed by atoms with Crippen molar-refractivity contribution in [1.82, 2.24) is 15.2 Å². The predicted molar refractivity (Wildman–Crippen MR) is 84.1 cm³/mol. The third-order valence-corrected chi connectivity index (χ3v) is 4.46. The van der Waals surface area contributed by atoms with Crippen LogP contribution < -0.4 is 10.2 Å². The van der Waals surface area contributed by atoms with Crippen molar-refractivity contribution in [1.29, 1.82) is 0 Å². The minimum Gasteiger partial charge on any atom is -0.323 e. The Bertz CT molecular complexity index is 809. The molecule has 132 valence electrons. The summed E-state index contributed by atoms with van der Waals surface area (Å²) in [6, 6.07) is 2.88. The van der Waals surface area contributed by atoms with Crippen LogP contribution >= 0.6 is 11.8 Å². The average molecular weight is 371 g/mol. The Morgan fingerprint density at radius 2 is 2.16 bits per heavy atom. The molecule has 1 atom stereocenters. The lowest BCUT2D eigenvalue weighted by Gasteiger charge is -2.31. The molecule has 2 amide bonds. The first-order chi connectivity index (χ1) is 11.8. The molecular formula is C14H12F3N5O2S. The molecule has 0 bridgehead atoms. The van der Waals surface area contributed by atoms with E-state index in [1.54, 1.807) is 6.92 Å². The molecule has 3 rings (SSSR count). The van der Waals surface area contributed by atoms with E-state index in [4.69, 9.17) is 0 Å². The summed E-state index contributed by atoms with van der Waals surface area (Å²) in [5.41, 5.74) is -0.719. The molecule has 1 aliphatic rings. The number of H-pyrrole nitrogens is 1. The summed E-state index contributed by atoms with van der Waals surface area (Å²) in [5.74, 6) is -0.978. The Labute approximate surface area is 144 Å². The Hall–Kier alpha value is -2.56. The molecule has 0 saturated carbocycles. The number of rotatable bonds is 3. The van der Waals surface area contributed by atoms with Crippen molar-refractivity contribution >= 4 is 35.0 Å². The lowest BCUT2D eigenvalue weighted by molar-refractivity contribution is -0.137. The number of aromatic amines is 1. The maximum atomic E-state index is 12.8. The van der Waals surface area contributed by atoms with E-state index in [0.29, 0.717) is 5.16 Å². The van der Waals surface area contributed by atoms with Crippen molar-refractivity contribution in [2.45, 2.75) is 23.5 Å². The minimum atomic E-state index is -4.54. The molecule has 0 saturated heterocycles. The van der Waals surface area contributed by atoms with Gasteiger partial charge in [-0.2, -0.15) is 18.3 Å². The first-order valence-corrected chi connectivity index (χ1v) is 7.98. The van der Waals surface area contributed by atoms with Crippen LogP contribution in [0.5, 0.6) is 0 Å². The van der Waals surface area contributed by atoms with Crippen LogP contribution in [-0.2, 0) is 15.8 Å². The zero-order valence-electron chi connectivity index (χ0n) is 12.8. The van der Waals surface area contributed by atoms with Crippen molar-refractivity contribution in [3.8, 4) is 0 Å². The molecule has 1 unspecified atom stereocenters. The van der Waals surface area contributed by atoms with Gasteiger partial charge in [0.2, 0.25) is 11.8 Å². The van der Waals surface area contributed by atoms with Crippen molar-refractivity contribution in [3.63, 3.8) is 0 Å². The standard InChI is InChI=1S/C14H12F3N5O2S/c1-7(25-13-18-6-19-21-13)12(24)22-5-11(23)20-9-4-8(14(15,16)17)2-3-10(9)22/h2-4,6-7H,5H2,1H3,(H,20,23)(H,18,19,21). The van der Waals surface area contributed by atoms with E-state index in [9.17, 15) is 22.8 Å². The van der Waals surface area contributed by atoms with Crippen molar-refractivity contribution < 1.29 is 22.8 Å². The van der Waals surface area contributed by atoms with Crippen molar-refractivity contribution in [2.24, 2.45) is 0 Å². The Morgan fingerprint density at radius 3 is 2.80 bits per heavy atom. The largest absolute Gasteiger partial charge is 0.416 e. The highest BCUT2D eigenvalue weighted by Gasteiger charge is 2.35. The number of carbonyl (C=O) groups excluding carboxylic acids is 2. The van der Waals surface area contributed by atoms with E-state index < -0.39 is 28.8 Å². The molecule has 1 aromatic heterocycles. The number of nitrogens with zero attached hydrogens (tertiary/aromatic N) is 3. The van der Waals surface area contributed by atoms with Gasteiger partial charge in [-0.05, 0) is 25.1 Å². The lowest BCUT2D eigenvalue weighted by atomic mass is 10.1. The molecule has 0 fully saturated rings. The molecule has 1 aromatic carbocycles. The molecule has 1 aliphatic heterocycles. The van der Waals surface area contributed by atoms with Crippen LogP contribution in [0.4, 0.5) is 24.5 Å². The maximum Gasteiger partial charge on any atom is 0.416 e. The summed E-state index contributed by atoms with van der Waals surface area (Å²) in [5, 5.41) is 8.46. The first-order valence-electron chi connectivity index (χ1n) is 7.10. The van der Waals surface area contributed by atoms with Gasteiger partial charge in [-0.1, -0.05) is 11.8 Å². The quantitative estimate of drug-likeness (QED) is 0.808. The number of aromatic nitrogens is 3. The summed E-state index contributed by atoms with van der Waals surface area (Å²) >= 11 is 1.10. The summed E-state index contributed by atoms with van der Waals surface area (Å²) in [6.45, 7) is 1.35. The Balaban J connectivity index is 1.88. The molecule has 0 radical (unpaired) electrons. The van der Waals surface area contributed by atoms with E-state index in [1.165, 1.54) is 17.3 Å². The smallest absolute Gasteiger partial charge is 0.323 e. The number of hydrogen-bond donors (Lipinski definition) is 2. The van der Waals surface area contributed by atoms with Crippen molar-refractivity contribution in [2.75, 3.05) is 16.8 Å². The fourth-order valence-corrected chi connectivity index (χ4v) is 3.13. The molecule has 2 N–H and O–H groups in total. The van der Waals surface area contributed by atoms with Gasteiger partial charge in [0.25, 0.3) is 0 Å². The molecule has 11 heteroatoms. The van der Waals surface area contributed by atoms with Crippen LogP contribution in [-0.4, -0.2) is 38.8 Å². The first kappa shape index (κ1) is 17.3. The Kier molecular flexibility index (Phi) is 4.41. The number of nitrogens with one attached hydrogen (secondary N) is 2. The van der Waals surface area contributed by atoms with Gasteiger partial charge in [0, 0.05) is 0 Å². The van der Waals surface area contributed by atoms with Gasteiger partial charge < -0.3 is 5.32 Å². The van der Waals surface area contributed by atoms with E-state index in [0.717, 1.165) is 23.9 Å². The molecule has 7 nitrogen and oxygen atoms in total. The normalized spacial score (nSPS) is 15.5. The topological polar surface area (TPSA) is 91.0 Å². The highest BCUT2D eigenvalue weighted by molar-refractivity contribution is 8.00. The zero-order chi connectivity index (χ0) is 18.2.